The lowest BCUT2D eigenvalue weighted by atomic mass is 10.1. The SMILES string of the molecule is Cc1ccc(C2OO2)cc1. The average Bonchev–Trinajstić information content (AvgIpc) is 2.71. The van der Waals surface area contributed by atoms with Gasteiger partial charge in [0.25, 0.3) is 0 Å². The van der Waals surface area contributed by atoms with Gasteiger partial charge in [0.2, 0.25) is 6.29 Å². The van der Waals surface area contributed by atoms with Crippen LogP contribution in [0.5, 0.6) is 0 Å². The molecule has 0 unspecified atom stereocenters. The predicted molar refractivity (Wildman–Crippen MR) is 36.1 cm³/mol. The second-order valence-corrected chi connectivity index (χ2v) is 2.44. The van der Waals surface area contributed by atoms with Crippen LogP contribution in [0.1, 0.15) is 17.4 Å². The molecule has 1 heterocycles. The molecule has 0 radical (unpaired) electrons. The molecule has 1 aromatic carbocycles. The molecular formula is C8H8O2. The van der Waals surface area contributed by atoms with Gasteiger partial charge in [-0.1, -0.05) is 29.8 Å². The topological polar surface area (TPSA) is 25.1 Å². The minimum absolute atomic E-state index is 0.0967. The average molecular weight is 136 g/mol. The Bertz CT molecular complexity index is 224. The van der Waals surface area contributed by atoms with Crippen LogP contribution in [0.4, 0.5) is 0 Å². The Kier molecular flexibility index (Phi) is 1.22. The van der Waals surface area contributed by atoms with E-state index in [4.69, 9.17) is 0 Å². The summed E-state index contributed by atoms with van der Waals surface area (Å²) in [6.45, 7) is 2.05. The number of rotatable bonds is 1. The van der Waals surface area contributed by atoms with Crippen LogP contribution in [0, 0.1) is 6.92 Å². The van der Waals surface area contributed by atoms with Gasteiger partial charge in [0.1, 0.15) is 0 Å². The largest absolute Gasteiger partial charge is 0.249 e. The van der Waals surface area contributed by atoms with Crippen molar-refractivity contribution in [3.8, 4) is 0 Å². The van der Waals surface area contributed by atoms with Crippen LogP contribution in [0.25, 0.3) is 0 Å². The van der Waals surface area contributed by atoms with E-state index in [0.717, 1.165) is 5.56 Å². The Morgan fingerprint density at radius 2 is 1.70 bits per heavy atom. The second kappa shape index (κ2) is 2.08. The van der Waals surface area contributed by atoms with Gasteiger partial charge in [-0.25, -0.2) is 0 Å². The molecule has 2 heteroatoms. The van der Waals surface area contributed by atoms with Crippen LogP contribution in [-0.2, 0) is 9.78 Å². The molecular weight excluding hydrogens is 128 g/mol. The first-order chi connectivity index (χ1) is 4.86. The van der Waals surface area contributed by atoms with Crippen molar-refractivity contribution in [1.82, 2.24) is 0 Å². The zero-order valence-electron chi connectivity index (χ0n) is 5.70. The third-order valence-corrected chi connectivity index (χ3v) is 1.54. The molecule has 0 aliphatic carbocycles. The summed E-state index contributed by atoms with van der Waals surface area (Å²) in [5.41, 5.74) is 2.34. The summed E-state index contributed by atoms with van der Waals surface area (Å²) in [4.78, 5) is 9.27. The molecule has 1 fully saturated rings. The molecule has 0 bridgehead atoms. The lowest BCUT2D eigenvalue weighted by Crippen LogP contribution is -1.78. The number of benzene rings is 1. The molecule has 0 aromatic heterocycles. The fraction of sp³-hybridized carbons (Fsp3) is 0.250. The van der Waals surface area contributed by atoms with E-state index in [1.165, 1.54) is 5.56 Å². The molecule has 1 aromatic rings. The van der Waals surface area contributed by atoms with Crippen molar-refractivity contribution in [3.05, 3.63) is 35.4 Å². The standard InChI is InChI=1S/C8H8O2/c1-6-2-4-7(5-3-6)8-9-10-8/h2-5,8H,1H3. The summed E-state index contributed by atoms with van der Waals surface area (Å²) in [5.74, 6) is 0. The summed E-state index contributed by atoms with van der Waals surface area (Å²) >= 11 is 0. The Morgan fingerprint density at radius 1 is 1.10 bits per heavy atom. The molecule has 2 nitrogen and oxygen atoms in total. The molecule has 1 aliphatic heterocycles. The Balaban J connectivity index is 2.28. The lowest BCUT2D eigenvalue weighted by Gasteiger charge is -1.91. The van der Waals surface area contributed by atoms with Gasteiger partial charge in [-0.05, 0) is 6.92 Å². The quantitative estimate of drug-likeness (QED) is 0.435. The number of hydrogen-bond acceptors (Lipinski definition) is 2. The summed E-state index contributed by atoms with van der Waals surface area (Å²) in [6.07, 6.45) is -0.0967. The van der Waals surface area contributed by atoms with Crippen LogP contribution in [0.3, 0.4) is 0 Å². The lowest BCUT2D eigenvalue weighted by molar-refractivity contribution is 0.0850. The van der Waals surface area contributed by atoms with Gasteiger partial charge < -0.3 is 0 Å². The van der Waals surface area contributed by atoms with Crippen LogP contribution in [0.2, 0.25) is 0 Å². The number of hydrogen-bond donors (Lipinski definition) is 0. The fourth-order valence-electron chi connectivity index (χ4n) is 0.862. The van der Waals surface area contributed by atoms with E-state index in [2.05, 4.69) is 16.7 Å². The van der Waals surface area contributed by atoms with E-state index in [1.807, 2.05) is 24.3 Å². The van der Waals surface area contributed by atoms with Gasteiger partial charge in [0, 0.05) is 5.56 Å². The van der Waals surface area contributed by atoms with Crippen molar-refractivity contribution in [2.45, 2.75) is 13.2 Å². The summed E-state index contributed by atoms with van der Waals surface area (Å²) < 4.78 is 0. The van der Waals surface area contributed by atoms with E-state index >= 15 is 0 Å². The Hall–Kier alpha value is -0.860. The minimum Gasteiger partial charge on any atom is -0.193 e. The first kappa shape index (κ1) is 5.89. The molecule has 1 aliphatic rings. The van der Waals surface area contributed by atoms with Crippen molar-refractivity contribution in [3.63, 3.8) is 0 Å². The van der Waals surface area contributed by atoms with Crippen molar-refractivity contribution in [1.29, 1.82) is 0 Å². The van der Waals surface area contributed by atoms with Gasteiger partial charge >= 0.3 is 0 Å². The predicted octanol–water partition coefficient (Wildman–Crippen LogP) is 1.96. The van der Waals surface area contributed by atoms with Gasteiger partial charge in [0.05, 0.1) is 0 Å². The summed E-state index contributed by atoms with van der Waals surface area (Å²) in [7, 11) is 0. The zero-order valence-corrected chi connectivity index (χ0v) is 5.70. The first-order valence-electron chi connectivity index (χ1n) is 3.25. The maximum atomic E-state index is 4.63. The summed E-state index contributed by atoms with van der Waals surface area (Å²) in [6, 6.07) is 8.10. The Morgan fingerprint density at radius 3 is 2.20 bits per heavy atom. The van der Waals surface area contributed by atoms with Gasteiger partial charge in [-0.3, -0.25) is 0 Å². The normalized spacial score (nSPS) is 17.3. The molecule has 0 spiro atoms. The highest BCUT2D eigenvalue weighted by Crippen LogP contribution is 2.31. The minimum atomic E-state index is -0.0967. The third kappa shape index (κ3) is 1.03. The fourth-order valence-corrected chi connectivity index (χ4v) is 0.862. The van der Waals surface area contributed by atoms with Crippen molar-refractivity contribution in [2.24, 2.45) is 0 Å². The van der Waals surface area contributed by atoms with E-state index < -0.39 is 0 Å². The van der Waals surface area contributed by atoms with Gasteiger partial charge in [0.15, 0.2) is 0 Å². The number of aryl methyl sites for hydroxylation is 1. The smallest absolute Gasteiger partial charge is 0.193 e. The van der Waals surface area contributed by atoms with Crippen molar-refractivity contribution < 1.29 is 9.78 Å². The Labute approximate surface area is 59.3 Å². The van der Waals surface area contributed by atoms with E-state index in [0.29, 0.717) is 0 Å². The van der Waals surface area contributed by atoms with Crippen LogP contribution in [0.15, 0.2) is 24.3 Å². The molecule has 2 rings (SSSR count). The van der Waals surface area contributed by atoms with Crippen LogP contribution < -0.4 is 0 Å². The van der Waals surface area contributed by atoms with E-state index in [1.54, 1.807) is 0 Å². The summed E-state index contributed by atoms with van der Waals surface area (Å²) in [5, 5.41) is 0. The van der Waals surface area contributed by atoms with E-state index in [-0.39, 0.29) is 6.29 Å². The monoisotopic (exact) mass is 136 g/mol. The highest BCUT2D eigenvalue weighted by molar-refractivity contribution is 5.22. The second-order valence-electron chi connectivity index (χ2n) is 2.44. The highest BCUT2D eigenvalue weighted by atomic mass is 17.4. The zero-order chi connectivity index (χ0) is 6.97. The van der Waals surface area contributed by atoms with Gasteiger partial charge in [-0.15, -0.1) is 0 Å². The highest BCUT2D eigenvalue weighted by Gasteiger charge is 2.27. The van der Waals surface area contributed by atoms with Crippen molar-refractivity contribution >= 4 is 0 Å². The maximum Gasteiger partial charge on any atom is 0.249 e. The van der Waals surface area contributed by atoms with Gasteiger partial charge in [-0.2, -0.15) is 9.78 Å². The molecule has 52 valence electrons. The molecule has 0 amide bonds. The molecule has 10 heavy (non-hydrogen) atoms. The molecule has 0 N–H and O–H groups in total. The first-order valence-corrected chi connectivity index (χ1v) is 3.25. The van der Waals surface area contributed by atoms with E-state index in [9.17, 15) is 0 Å². The third-order valence-electron chi connectivity index (χ3n) is 1.54. The molecule has 0 saturated carbocycles. The van der Waals surface area contributed by atoms with Crippen LogP contribution >= 0.6 is 0 Å². The van der Waals surface area contributed by atoms with Crippen LogP contribution in [-0.4, -0.2) is 0 Å². The molecule has 0 atom stereocenters. The molecule has 1 saturated heterocycles. The van der Waals surface area contributed by atoms with Crippen molar-refractivity contribution in [2.75, 3.05) is 0 Å². The maximum absolute atomic E-state index is 4.63.